The van der Waals surface area contributed by atoms with Gasteiger partial charge in [-0.25, -0.2) is 0 Å². The maximum Gasteiger partial charge on any atom is 0.277 e. The van der Waals surface area contributed by atoms with Gasteiger partial charge in [-0.15, -0.1) is 10.2 Å². The maximum atomic E-state index is 5.88. The molecule has 0 unspecified atom stereocenters. The second-order valence-corrected chi connectivity index (χ2v) is 7.99. The fraction of sp³-hybridized carbons (Fsp3) is 0.150. The van der Waals surface area contributed by atoms with Crippen LogP contribution in [-0.4, -0.2) is 25.1 Å². The number of hydrogen-bond donors (Lipinski definition) is 2. The van der Waals surface area contributed by atoms with Gasteiger partial charge in [-0.1, -0.05) is 49.0 Å². The van der Waals surface area contributed by atoms with Gasteiger partial charge in [0.2, 0.25) is 17.8 Å². The molecule has 4 aromatic rings. The minimum atomic E-state index is 0.150. The average molecular weight is 484 g/mol. The Kier molecular flexibility index (Phi) is 6.24. The van der Waals surface area contributed by atoms with Crippen molar-refractivity contribution in [3.05, 3.63) is 64.4 Å². The van der Waals surface area contributed by atoms with E-state index in [0.29, 0.717) is 28.6 Å². The van der Waals surface area contributed by atoms with E-state index in [2.05, 4.69) is 59.4 Å². The normalized spacial score (nSPS) is 10.9. The van der Waals surface area contributed by atoms with Gasteiger partial charge in [0.15, 0.2) is 0 Å². The molecule has 0 aliphatic rings. The highest BCUT2D eigenvalue weighted by Crippen LogP contribution is 2.30. The number of nitrogens with two attached hydrogens (primary N) is 1. The van der Waals surface area contributed by atoms with E-state index in [4.69, 9.17) is 10.2 Å². The summed E-state index contributed by atoms with van der Waals surface area (Å²) >= 11 is 4.82. The molecule has 0 saturated heterocycles. The number of para-hydroxylation sites is 1. The molecule has 2 aromatic carbocycles. The molecule has 0 amide bonds. The Morgan fingerprint density at radius 1 is 1.03 bits per heavy atom. The average Bonchev–Trinajstić information content (AvgIpc) is 3.21. The number of aryl methyl sites for hydroxylation is 1. The molecule has 10 heteroatoms. The summed E-state index contributed by atoms with van der Waals surface area (Å²) < 4.78 is 6.64. The van der Waals surface area contributed by atoms with Crippen LogP contribution >= 0.6 is 27.7 Å². The number of hydrogen-bond acceptors (Lipinski definition) is 9. The van der Waals surface area contributed by atoms with Crippen LogP contribution in [0.2, 0.25) is 0 Å². The number of aromatic nitrogens is 5. The largest absolute Gasteiger partial charge is 0.411 e. The van der Waals surface area contributed by atoms with Gasteiger partial charge in [0.05, 0.1) is 11.3 Å². The van der Waals surface area contributed by atoms with Gasteiger partial charge in [-0.05, 0) is 46.1 Å². The molecule has 0 radical (unpaired) electrons. The Labute approximate surface area is 185 Å². The number of nitrogens with zero attached hydrogens (tertiary/aromatic N) is 5. The fourth-order valence-corrected chi connectivity index (χ4v) is 3.84. The zero-order valence-electron chi connectivity index (χ0n) is 16.0. The summed E-state index contributed by atoms with van der Waals surface area (Å²) in [5, 5.41) is 11.9. The Hall–Kier alpha value is -2.98. The second kappa shape index (κ2) is 9.23. The van der Waals surface area contributed by atoms with Gasteiger partial charge in [0.1, 0.15) is 5.82 Å². The summed E-state index contributed by atoms with van der Waals surface area (Å²) in [5.41, 5.74) is 8.83. The van der Waals surface area contributed by atoms with Crippen molar-refractivity contribution in [2.75, 3.05) is 11.1 Å². The zero-order chi connectivity index (χ0) is 20.9. The van der Waals surface area contributed by atoms with Gasteiger partial charge < -0.3 is 15.5 Å². The summed E-state index contributed by atoms with van der Waals surface area (Å²) in [4.78, 5) is 12.9. The van der Waals surface area contributed by atoms with E-state index in [1.807, 2.05) is 42.5 Å². The Bertz CT molecular complexity index is 1170. The van der Waals surface area contributed by atoms with E-state index in [1.54, 1.807) is 0 Å². The van der Waals surface area contributed by atoms with Crippen LogP contribution in [0.1, 0.15) is 18.3 Å². The Morgan fingerprint density at radius 2 is 1.83 bits per heavy atom. The molecule has 152 valence electrons. The first-order chi connectivity index (χ1) is 14.6. The summed E-state index contributed by atoms with van der Waals surface area (Å²) in [5.74, 6) is 1.92. The number of thioether (sulfide) groups is 1. The topological polar surface area (TPSA) is 116 Å². The first-order valence-electron chi connectivity index (χ1n) is 9.19. The predicted molar refractivity (Wildman–Crippen MR) is 120 cm³/mol. The van der Waals surface area contributed by atoms with Crippen LogP contribution in [0.5, 0.6) is 0 Å². The number of rotatable bonds is 7. The third kappa shape index (κ3) is 4.77. The van der Waals surface area contributed by atoms with Crippen molar-refractivity contribution in [3.8, 4) is 11.5 Å². The minimum Gasteiger partial charge on any atom is -0.411 e. The Morgan fingerprint density at radius 3 is 2.67 bits per heavy atom. The molecular weight excluding hydrogens is 466 g/mol. The lowest BCUT2D eigenvalue weighted by Gasteiger charge is -2.10. The molecule has 0 aliphatic carbocycles. The van der Waals surface area contributed by atoms with Crippen molar-refractivity contribution >= 4 is 45.3 Å². The highest BCUT2D eigenvalue weighted by molar-refractivity contribution is 9.10. The highest BCUT2D eigenvalue weighted by atomic mass is 79.9. The van der Waals surface area contributed by atoms with Crippen molar-refractivity contribution in [2.45, 2.75) is 24.3 Å². The van der Waals surface area contributed by atoms with Gasteiger partial charge in [-0.2, -0.15) is 15.0 Å². The number of nitrogens with one attached hydrogen (secondary N) is 1. The molecule has 4 rings (SSSR count). The molecule has 8 nitrogen and oxygen atoms in total. The Balaban J connectivity index is 1.47. The second-order valence-electron chi connectivity index (χ2n) is 6.21. The number of anilines is 3. The van der Waals surface area contributed by atoms with E-state index < -0.39 is 0 Å². The molecule has 0 saturated carbocycles. The van der Waals surface area contributed by atoms with Crippen molar-refractivity contribution in [2.24, 2.45) is 0 Å². The smallest absolute Gasteiger partial charge is 0.277 e. The number of halogens is 1. The third-order valence-electron chi connectivity index (χ3n) is 4.18. The van der Waals surface area contributed by atoms with Crippen LogP contribution in [0, 0.1) is 0 Å². The van der Waals surface area contributed by atoms with Gasteiger partial charge in [-0.3, -0.25) is 0 Å². The summed E-state index contributed by atoms with van der Waals surface area (Å²) in [6, 6.07) is 15.7. The van der Waals surface area contributed by atoms with Crippen LogP contribution in [-0.2, 0) is 12.2 Å². The van der Waals surface area contributed by atoms with Crippen LogP contribution in [0.3, 0.4) is 0 Å². The summed E-state index contributed by atoms with van der Waals surface area (Å²) in [6.45, 7) is 2.09. The molecule has 30 heavy (non-hydrogen) atoms. The molecule has 3 N–H and O–H groups in total. The van der Waals surface area contributed by atoms with Gasteiger partial charge in [0, 0.05) is 10.2 Å². The van der Waals surface area contributed by atoms with Crippen LogP contribution in [0.4, 0.5) is 17.6 Å². The molecule has 0 bridgehead atoms. The zero-order valence-corrected chi connectivity index (χ0v) is 18.4. The van der Waals surface area contributed by atoms with Crippen molar-refractivity contribution in [1.29, 1.82) is 0 Å². The molecule has 0 aliphatic heterocycles. The molecule has 2 heterocycles. The first kappa shape index (κ1) is 20.3. The van der Waals surface area contributed by atoms with E-state index in [1.165, 1.54) is 11.8 Å². The van der Waals surface area contributed by atoms with E-state index in [-0.39, 0.29) is 5.95 Å². The minimum absolute atomic E-state index is 0.150. The molecule has 0 fully saturated rings. The molecule has 2 aromatic heterocycles. The van der Waals surface area contributed by atoms with Crippen LogP contribution in [0.25, 0.3) is 11.5 Å². The lowest BCUT2D eigenvalue weighted by molar-refractivity contribution is 0.465. The quantitative estimate of drug-likeness (QED) is 0.355. The fourth-order valence-electron chi connectivity index (χ4n) is 2.77. The third-order valence-corrected chi connectivity index (χ3v) is 5.69. The highest BCUT2D eigenvalue weighted by Gasteiger charge is 2.13. The number of benzene rings is 2. The standard InChI is InChI=1S/C20H18BrN7OS/c1-2-12-7-3-6-10-15(12)23-19-25-16(24-18(22)26-19)11-30-20-28-27-17(29-20)13-8-4-5-9-14(13)21/h3-10H,2,11H2,1H3,(H3,22,23,24,25,26). The lowest BCUT2D eigenvalue weighted by Crippen LogP contribution is -2.07. The summed E-state index contributed by atoms with van der Waals surface area (Å²) in [6.07, 6.45) is 0.892. The van der Waals surface area contributed by atoms with Crippen molar-refractivity contribution in [3.63, 3.8) is 0 Å². The predicted octanol–water partition coefficient (Wildman–Crippen LogP) is 4.86. The van der Waals surface area contributed by atoms with E-state index in [9.17, 15) is 0 Å². The van der Waals surface area contributed by atoms with Crippen molar-refractivity contribution < 1.29 is 4.42 Å². The molecular formula is C20H18BrN7OS. The van der Waals surface area contributed by atoms with Crippen LogP contribution < -0.4 is 11.1 Å². The lowest BCUT2D eigenvalue weighted by atomic mass is 10.1. The van der Waals surface area contributed by atoms with Gasteiger partial charge >= 0.3 is 0 Å². The molecule has 0 atom stereocenters. The van der Waals surface area contributed by atoms with E-state index in [0.717, 1.165) is 27.7 Å². The van der Waals surface area contributed by atoms with Gasteiger partial charge in [0.25, 0.3) is 5.22 Å². The summed E-state index contributed by atoms with van der Waals surface area (Å²) in [7, 11) is 0. The monoisotopic (exact) mass is 483 g/mol. The first-order valence-corrected chi connectivity index (χ1v) is 11.0. The number of nitrogen functional groups attached to an aromatic ring is 1. The van der Waals surface area contributed by atoms with Crippen LogP contribution in [0.15, 0.2) is 62.6 Å². The van der Waals surface area contributed by atoms with Crippen molar-refractivity contribution in [1.82, 2.24) is 25.1 Å². The SMILES string of the molecule is CCc1ccccc1Nc1nc(N)nc(CSc2nnc(-c3ccccc3Br)o2)n1. The van der Waals surface area contributed by atoms with E-state index >= 15 is 0 Å². The molecule has 0 spiro atoms. The maximum absolute atomic E-state index is 5.88.